The number of carbonyl (C=O) groups excluding carboxylic acids is 1. The molecule has 198 valence electrons. The summed E-state index contributed by atoms with van der Waals surface area (Å²) in [6, 6.07) is 9.59. The van der Waals surface area contributed by atoms with Crippen molar-refractivity contribution in [2.45, 2.75) is 103 Å². The fourth-order valence-electron chi connectivity index (χ4n) is 4.77. The summed E-state index contributed by atoms with van der Waals surface area (Å²) in [4.78, 5) is 12.0. The Labute approximate surface area is 213 Å². The van der Waals surface area contributed by atoms with Gasteiger partial charge >= 0.3 is 5.97 Å². The van der Waals surface area contributed by atoms with Crippen LogP contribution in [0.3, 0.4) is 0 Å². The smallest absolute Gasteiger partial charge is 0.306 e. The fraction of sp³-hybridized carbons (Fsp3) is 0.679. The Balaban J connectivity index is 1.77. The summed E-state index contributed by atoms with van der Waals surface area (Å²) < 4.78 is 47.2. The van der Waals surface area contributed by atoms with Crippen LogP contribution in [0.5, 0.6) is 0 Å². The molecule has 6 atom stereocenters. The number of ether oxygens (including phenoxy) is 1. The molecular formula is C28H43F2O4P. The molecule has 0 heterocycles. The van der Waals surface area contributed by atoms with Crippen LogP contribution in [0.2, 0.25) is 0 Å². The first-order valence-corrected chi connectivity index (χ1v) is 13.5. The third-order valence-corrected chi connectivity index (χ3v) is 7.41. The van der Waals surface area contributed by atoms with E-state index in [0.717, 1.165) is 44.1 Å². The van der Waals surface area contributed by atoms with E-state index >= 15 is 0 Å². The molecule has 0 amide bonds. The molecule has 0 bridgehead atoms. The normalized spacial score (nSPS) is 24.3. The van der Waals surface area contributed by atoms with Gasteiger partial charge in [-0.1, -0.05) is 82.0 Å². The van der Waals surface area contributed by atoms with E-state index in [-0.39, 0.29) is 30.3 Å². The van der Waals surface area contributed by atoms with Crippen LogP contribution in [0.15, 0.2) is 42.5 Å². The van der Waals surface area contributed by atoms with Crippen molar-refractivity contribution in [3.63, 3.8) is 0 Å². The van der Waals surface area contributed by atoms with E-state index in [0.29, 0.717) is 25.9 Å². The van der Waals surface area contributed by atoms with E-state index in [1.54, 1.807) is 19.1 Å². The zero-order valence-corrected chi connectivity index (χ0v) is 22.1. The highest BCUT2D eigenvalue weighted by Crippen LogP contribution is 2.40. The van der Waals surface area contributed by atoms with E-state index < -0.39 is 27.4 Å². The second kappa shape index (κ2) is 15.7. The minimum atomic E-state index is -2.75. The zero-order chi connectivity index (χ0) is 26.4. The minimum Gasteiger partial charge on any atom is -0.461 e. The number of esters is 1. The minimum absolute atomic E-state index is 0.0742. The molecule has 4 nitrogen and oxygen atoms in total. The molecule has 0 radical (unpaired) electrons. The molecule has 1 aliphatic rings. The van der Waals surface area contributed by atoms with Crippen LogP contribution in [0.1, 0.15) is 83.6 Å². The molecule has 1 fully saturated rings. The predicted molar refractivity (Wildman–Crippen MR) is 139 cm³/mol. The molecule has 1 aliphatic carbocycles. The number of benzene rings is 1. The van der Waals surface area contributed by atoms with Crippen LogP contribution in [0, 0.1) is 17.8 Å². The van der Waals surface area contributed by atoms with Crippen molar-refractivity contribution >= 4 is 15.4 Å². The number of alkyl halides is 2. The van der Waals surface area contributed by atoms with E-state index in [1.165, 1.54) is 0 Å². The second-order valence-electron chi connectivity index (χ2n) is 9.84. The number of hydrogen-bond acceptors (Lipinski definition) is 4. The Morgan fingerprint density at radius 2 is 2.00 bits per heavy atom. The molecule has 35 heavy (non-hydrogen) atoms. The molecule has 1 saturated carbocycles. The lowest BCUT2D eigenvalue weighted by molar-refractivity contribution is -0.145. The van der Waals surface area contributed by atoms with Crippen LogP contribution >= 0.6 is 9.41 Å². The topological polar surface area (TPSA) is 55.8 Å². The number of aliphatic hydroxyl groups excluding tert-OH is 1. The summed E-state index contributed by atoms with van der Waals surface area (Å²) in [5.74, 6) is -4.08. The third kappa shape index (κ3) is 10.3. The SMILES string of the molecule is [3H]PO[C@@H]1C[C@H](O)C(CCCCCCC(=O)OCc2ccccc2)[C@H]1/C=C/C(C)C(F)(F)CCCC. The van der Waals surface area contributed by atoms with E-state index in [1.807, 2.05) is 37.3 Å². The Kier molecular flexibility index (Phi) is 12.6. The lowest BCUT2D eigenvalue weighted by Gasteiger charge is -2.24. The Morgan fingerprint density at radius 3 is 2.71 bits per heavy atom. The Morgan fingerprint density at radius 1 is 1.26 bits per heavy atom. The highest BCUT2D eigenvalue weighted by Gasteiger charge is 2.41. The monoisotopic (exact) mass is 514 g/mol. The average Bonchev–Trinajstić information content (AvgIpc) is 3.16. The number of carbonyl (C=O) groups is 1. The maximum absolute atomic E-state index is 14.4. The molecule has 0 aliphatic heterocycles. The number of hydrogen-bond donors (Lipinski definition) is 1. The molecule has 1 aromatic rings. The summed E-state index contributed by atoms with van der Waals surface area (Å²) in [5.41, 5.74) is 0.969. The highest BCUT2D eigenvalue weighted by molar-refractivity contribution is 7.09. The molecule has 7 heteroatoms. The molecule has 0 saturated heterocycles. The zero-order valence-electron chi connectivity index (χ0n) is 22.1. The molecule has 3 unspecified atom stereocenters. The van der Waals surface area contributed by atoms with Crippen molar-refractivity contribution in [3.8, 4) is 0 Å². The van der Waals surface area contributed by atoms with Crippen molar-refractivity contribution in [1.82, 2.24) is 0 Å². The molecule has 1 N–H and O–H groups in total. The Bertz CT molecular complexity index is 780. The molecule has 1 aromatic carbocycles. The maximum atomic E-state index is 14.4. The van der Waals surface area contributed by atoms with Crippen molar-refractivity contribution in [3.05, 3.63) is 48.0 Å². The van der Waals surface area contributed by atoms with Crippen LogP contribution in [0.4, 0.5) is 8.78 Å². The van der Waals surface area contributed by atoms with Gasteiger partial charge in [0.05, 0.1) is 13.5 Å². The maximum Gasteiger partial charge on any atom is 0.306 e. The number of aliphatic hydroxyl groups is 1. The third-order valence-electron chi connectivity index (χ3n) is 7.11. The van der Waals surface area contributed by atoms with Gasteiger partial charge in [0.2, 0.25) is 0 Å². The number of allylic oxidation sites excluding steroid dienone is 1. The fourth-order valence-corrected chi connectivity index (χ4v) is 5.02. The first-order chi connectivity index (χ1) is 17.3. The van der Waals surface area contributed by atoms with Gasteiger partial charge in [-0.05, 0) is 30.7 Å². The van der Waals surface area contributed by atoms with E-state index in [2.05, 4.69) is 0 Å². The van der Waals surface area contributed by atoms with Crippen molar-refractivity contribution in [2.75, 3.05) is 0 Å². The van der Waals surface area contributed by atoms with Gasteiger partial charge in [-0.3, -0.25) is 4.79 Å². The van der Waals surface area contributed by atoms with Crippen molar-refractivity contribution in [2.24, 2.45) is 17.8 Å². The average molecular weight is 515 g/mol. The summed E-state index contributed by atoms with van der Waals surface area (Å²) in [5, 5.41) is 10.6. The second-order valence-corrected chi connectivity index (χ2v) is 10.1. The van der Waals surface area contributed by atoms with Crippen molar-refractivity contribution in [1.29, 1.82) is 1.28 Å². The van der Waals surface area contributed by atoms with Gasteiger partial charge in [0.1, 0.15) is 6.61 Å². The van der Waals surface area contributed by atoms with Gasteiger partial charge in [-0.15, -0.1) is 0 Å². The first kappa shape index (κ1) is 28.2. The lowest BCUT2D eigenvalue weighted by atomic mass is 9.86. The molecule has 2 rings (SSSR count). The quantitative estimate of drug-likeness (QED) is 0.103. The van der Waals surface area contributed by atoms with Crippen LogP contribution in [-0.4, -0.2) is 30.5 Å². The standard InChI is InChI=1S/C28H43F2O4P/c1-3-4-18-28(29,30)21(2)16-17-24-23(25(31)19-26(24)34-35)14-10-5-6-11-15-27(32)33-20-22-12-8-7-9-13-22/h7-9,12-13,16-17,21,23-26,31H,3-6,10-11,14-15,18-20,35H2,1-2H3/b17-16+/t21?,23?,24-,25+,26-/m1/s1/i35T/t21?,23?,24-,25+,26-,35?. The van der Waals surface area contributed by atoms with Crippen LogP contribution in [0.25, 0.3) is 0 Å². The van der Waals surface area contributed by atoms with Crippen LogP contribution in [-0.2, 0) is 20.7 Å². The van der Waals surface area contributed by atoms with E-state index in [4.69, 9.17) is 10.5 Å². The first-order valence-electron chi connectivity index (χ1n) is 13.5. The van der Waals surface area contributed by atoms with Gasteiger partial charge in [-0.25, -0.2) is 8.78 Å². The number of halogens is 2. The predicted octanol–water partition coefficient (Wildman–Crippen LogP) is 7.26. The van der Waals surface area contributed by atoms with Gasteiger partial charge in [0.25, 0.3) is 5.92 Å². The van der Waals surface area contributed by atoms with E-state index in [9.17, 15) is 18.7 Å². The van der Waals surface area contributed by atoms with Crippen LogP contribution < -0.4 is 0 Å². The number of rotatable bonds is 17. The van der Waals surface area contributed by atoms with Gasteiger partial charge < -0.3 is 14.4 Å². The summed E-state index contributed by atoms with van der Waals surface area (Å²) >= 11 is 0. The molecule has 0 aromatic heterocycles. The molecular weight excluding hydrogens is 469 g/mol. The lowest BCUT2D eigenvalue weighted by Crippen LogP contribution is -2.25. The van der Waals surface area contributed by atoms with Crippen molar-refractivity contribution < 1.29 is 27.9 Å². The largest absolute Gasteiger partial charge is 0.461 e. The van der Waals surface area contributed by atoms with Gasteiger partial charge in [0.15, 0.2) is 0 Å². The van der Waals surface area contributed by atoms with Gasteiger partial charge in [-0.2, -0.15) is 0 Å². The highest BCUT2D eigenvalue weighted by atomic mass is 31.0. The summed E-state index contributed by atoms with van der Waals surface area (Å²) in [6.45, 7) is 3.74. The Hall–Kier alpha value is -1.36. The molecule has 0 spiro atoms. The van der Waals surface area contributed by atoms with Gasteiger partial charge in [0, 0.05) is 40.5 Å². The summed E-state index contributed by atoms with van der Waals surface area (Å²) in [6.07, 6.45) is 8.62. The number of unbranched alkanes of at least 4 members (excludes halogenated alkanes) is 4. The summed E-state index contributed by atoms with van der Waals surface area (Å²) in [7, 11) is -0.452.